The highest BCUT2D eigenvalue weighted by atomic mass is 31.1. The molecule has 2 aliphatic rings. The number of allylic oxidation sites excluding steroid dienone is 2. The van der Waals surface area contributed by atoms with Crippen molar-refractivity contribution in [2.45, 2.75) is 25.2 Å². The zero-order chi connectivity index (χ0) is 17.6. The van der Waals surface area contributed by atoms with Gasteiger partial charge in [-0.2, -0.15) is 0 Å². The van der Waals surface area contributed by atoms with Crippen molar-refractivity contribution in [2.75, 3.05) is 13.2 Å². The van der Waals surface area contributed by atoms with Crippen LogP contribution in [0.5, 0.6) is 5.75 Å². The quantitative estimate of drug-likeness (QED) is 0.749. The van der Waals surface area contributed by atoms with Crippen LogP contribution in [0.1, 0.15) is 12.8 Å². The zero-order valence-corrected chi connectivity index (χ0v) is 14.5. The largest absolute Gasteiger partial charge is 0.750 e. The summed E-state index contributed by atoms with van der Waals surface area (Å²) in [7, 11) is -2.25. The molecule has 0 bridgehead atoms. The van der Waals surface area contributed by atoms with Crippen LogP contribution in [-0.2, 0) is 18.6 Å². The normalized spacial score (nSPS) is 23.3. The van der Waals surface area contributed by atoms with Gasteiger partial charge in [-0.3, -0.25) is 4.79 Å². The van der Waals surface area contributed by atoms with E-state index in [1.807, 2.05) is 17.2 Å². The molecule has 0 aromatic heterocycles. The molecular weight excluding hydrogens is 343 g/mol. The first-order valence-corrected chi connectivity index (χ1v) is 9.13. The van der Waals surface area contributed by atoms with Crippen molar-refractivity contribution in [3.05, 3.63) is 54.3 Å². The Morgan fingerprint density at radius 3 is 2.88 bits per heavy atom. The number of hydrogen-bond donors (Lipinski definition) is 1. The monoisotopic (exact) mass is 363 g/mol. The van der Waals surface area contributed by atoms with Gasteiger partial charge in [-0.1, -0.05) is 24.3 Å². The third kappa shape index (κ3) is 4.89. The van der Waals surface area contributed by atoms with Crippen molar-refractivity contribution in [3.8, 4) is 5.75 Å². The predicted molar refractivity (Wildman–Crippen MR) is 91.6 cm³/mol. The van der Waals surface area contributed by atoms with E-state index >= 15 is 0 Å². The highest BCUT2D eigenvalue weighted by Crippen LogP contribution is 2.31. The fraction of sp³-hybridized carbons (Fsp3) is 0.353. The van der Waals surface area contributed by atoms with Crippen molar-refractivity contribution >= 4 is 14.2 Å². The lowest BCUT2D eigenvalue weighted by Gasteiger charge is -2.29. The van der Waals surface area contributed by atoms with Gasteiger partial charge in [-0.25, -0.2) is 4.52 Å². The van der Waals surface area contributed by atoms with Gasteiger partial charge in [-0.05, 0) is 31.1 Å². The Bertz CT molecular complexity index is 692. The minimum atomic E-state index is -2.25. The molecule has 2 aliphatic heterocycles. The molecule has 8 heteroatoms. The standard InChI is InChI=1S/C17H19N2O5P/c18-17(20)13-5-4-10-19(11-13)16-9-8-15(23-16)12-22-25(21)24-14-6-2-1-3-7-14/h1-7,10,15-16H,8-9,11-12H2,(H-,18,20)/p+1/t15-,16+/m0/s1. The number of nitrogens with zero attached hydrogens (tertiary/aromatic N) is 1. The molecule has 1 fully saturated rings. The Kier molecular flexibility index (Phi) is 5.81. The Hall–Kier alpha value is -2.21. The number of primary amides is 1. The summed E-state index contributed by atoms with van der Waals surface area (Å²) in [5.41, 5.74) is 5.87. The minimum Gasteiger partial charge on any atom is -0.366 e. The molecule has 2 N–H and O–H groups in total. The van der Waals surface area contributed by atoms with Gasteiger partial charge in [0, 0.05) is 16.3 Å². The summed E-state index contributed by atoms with van der Waals surface area (Å²) >= 11 is 0. The third-order valence-electron chi connectivity index (χ3n) is 3.99. The Labute approximate surface area is 147 Å². The van der Waals surface area contributed by atoms with Gasteiger partial charge >= 0.3 is 8.25 Å². The lowest BCUT2D eigenvalue weighted by Crippen LogP contribution is -2.36. The van der Waals surface area contributed by atoms with Gasteiger partial charge in [0.1, 0.15) is 12.8 Å². The highest BCUT2D eigenvalue weighted by Gasteiger charge is 2.33. The number of para-hydroxylation sites is 1. The summed E-state index contributed by atoms with van der Waals surface area (Å²) in [6.07, 6.45) is 6.61. The molecule has 3 atom stereocenters. The van der Waals surface area contributed by atoms with Gasteiger partial charge in [0.15, 0.2) is 5.75 Å². The molecule has 1 aromatic rings. The van der Waals surface area contributed by atoms with E-state index < -0.39 is 14.2 Å². The lowest BCUT2D eigenvalue weighted by molar-refractivity contribution is -0.115. The van der Waals surface area contributed by atoms with E-state index in [2.05, 4.69) is 0 Å². The maximum absolute atomic E-state index is 11.8. The van der Waals surface area contributed by atoms with Crippen molar-refractivity contribution in [2.24, 2.45) is 5.73 Å². The average molecular weight is 363 g/mol. The molecule has 7 nitrogen and oxygen atoms in total. The number of carbonyl (C=O) groups excluding carboxylic acids is 1. The maximum Gasteiger partial charge on any atom is 0.750 e. The van der Waals surface area contributed by atoms with E-state index in [-0.39, 0.29) is 18.9 Å². The molecule has 1 amide bonds. The molecule has 1 unspecified atom stereocenters. The maximum atomic E-state index is 11.8. The van der Waals surface area contributed by atoms with Crippen LogP contribution in [0.4, 0.5) is 0 Å². The summed E-state index contributed by atoms with van der Waals surface area (Å²) in [6.45, 7) is 0.615. The molecular formula is C17H20N2O5P+. The first kappa shape index (κ1) is 17.6. The van der Waals surface area contributed by atoms with E-state index in [0.29, 0.717) is 17.9 Å². The van der Waals surface area contributed by atoms with Gasteiger partial charge in [0.05, 0.1) is 12.6 Å². The number of rotatable bonds is 7. The smallest absolute Gasteiger partial charge is 0.366 e. The molecule has 132 valence electrons. The molecule has 1 saturated heterocycles. The van der Waals surface area contributed by atoms with Crippen molar-refractivity contribution in [1.82, 2.24) is 4.90 Å². The molecule has 2 heterocycles. The number of benzene rings is 1. The highest BCUT2D eigenvalue weighted by molar-refractivity contribution is 7.33. The topological polar surface area (TPSA) is 91.1 Å². The summed E-state index contributed by atoms with van der Waals surface area (Å²) in [6, 6.07) is 8.87. The average Bonchev–Trinajstić information content (AvgIpc) is 3.10. The van der Waals surface area contributed by atoms with Crippen molar-refractivity contribution in [3.63, 3.8) is 0 Å². The van der Waals surface area contributed by atoms with E-state index in [1.165, 1.54) is 0 Å². The summed E-state index contributed by atoms with van der Waals surface area (Å²) in [5, 5.41) is 0. The van der Waals surface area contributed by atoms with E-state index in [0.717, 1.165) is 12.8 Å². The number of amides is 1. The molecule has 3 rings (SSSR count). The Morgan fingerprint density at radius 2 is 2.12 bits per heavy atom. The summed E-state index contributed by atoms with van der Waals surface area (Å²) < 4.78 is 28.2. The second kappa shape index (κ2) is 8.25. The molecule has 1 aromatic carbocycles. The van der Waals surface area contributed by atoms with Crippen LogP contribution in [-0.4, -0.2) is 36.3 Å². The number of nitrogens with two attached hydrogens (primary N) is 1. The van der Waals surface area contributed by atoms with Crippen LogP contribution in [0.25, 0.3) is 0 Å². The fourth-order valence-corrected chi connectivity index (χ4v) is 3.36. The third-order valence-corrected chi connectivity index (χ3v) is 4.71. The van der Waals surface area contributed by atoms with Gasteiger partial charge in [-0.15, -0.1) is 4.52 Å². The first-order chi connectivity index (χ1) is 12.1. The predicted octanol–water partition coefficient (Wildman–Crippen LogP) is 2.49. The van der Waals surface area contributed by atoms with Gasteiger partial charge in [0.2, 0.25) is 5.91 Å². The van der Waals surface area contributed by atoms with E-state index in [1.54, 1.807) is 36.4 Å². The summed E-state index contributed by atoms with van der Waals surface area (Å²) in [5.74, 6) is 0.0698. The van der Waals surface area contributed by atoms with E-state index in [9.17, 15) is 9.36 Å². The van der Waals surface area contributed by atoms with Crippen LogP contribution in [0, 0.1) is 0 Å². The van der Waals surface area contributed by atoms with Crippen LogP contribution in [0.2, 0.25) is 0 Å². The summed E-state index contributed by atoms with van der Waals surface area (Å²) in [4.78, 5) is 13.2. The minimum absolute atomic E-state index is 0.152. The molecule has 0 saturated carbocycles. The second-order valence-electron chi connectivity index (χ2n) is 5.78. The Morgan fingerprint density at radius 1 is 1.32 bits per heavy atom. The lowest BCUT2D eigenvalue weighted by atomic mass is 10.1. The van der Waals surface area contributed by atoms with Crippen molar-refractivity contribution < 1.29 is 23.1 Å². The number of hydrogen-bond acceptors (Lipinski definition) is 6. The zero-order valence-electron chi connectivity index (χ0n) is 13.6. The van der Waals surface area contributed by atoms with Crippen LogP contribution < -0.4 is 10.3 Å². The molecule has 25 heavy (non-hydrogen) atoms. The molecule has 0 aliphatic carbocycles. The first-order valence-electron chi connectivity index (χ1n) is 8.03. The van der Waals surface area contributed by atoms with Gasteiger partial charge < -0.3 is 15.4 Å². The van der Waals surface area contributed by atoms with Crippen molar-refractivity contribution in [1.29, 1.82) is 0 Å². The number of carbonyl (C=O) groups is 1. The molecule has 0 radical (unpaired) electrons. The second-order valence-corrected chi connectivity index (χ2v) is 6.67. The van der Waals surface area contributed by atoms with E-state index in [4.69, 9.17) is 19.5 Å². The van der Waals surface area contributed by atoms with Crippen LogP contribution in [0.15, 0.2) is 54.3 Å². The fourth-order valence-electron chi connectivity index (χ4n) is 2.72. The Balaban J connectivity index is 1.43. The molecule has 0 spiro atoms. The SMILES string of the molecule is NC(=O)C1=CC=CN([C@H]2CC[C@@H](CO[P+](=O)Oc3ccccc3)O2)C1. The number of ether oxygens (including phenoxy) is 1. The van der Waals surface area contributed by atoms with Gasteiger partial charge in [0.25, 0.3) is 0 Å². The van der Waals surface area contributed by atoms with Crippen LogP contribution in [0.3, 0.4) is 0 Å². The van der Waals surface area contributed by atoms with Crippen LogP contribution >= 0.6 is 8.25 Å².